The third-order valence-corrected chi connectivity index (χ3v) is 4.11. The molecule has 0 radical (unpaired) electrons. The molecule has 1 atom stereocenters. The van der Waals surface area contributed by atoms with Crippen LogP contribution in [0.4, 0.5) is 0 Å². The minimum Gasteiger partial charge on any atom is -0.486 e. The third kappa shape index (κ3) is 2.19. The summed E-state index contributed by atoms with van der Waals surface area (Å²) < 4.78 is 11.3. The lowest BCUT2D eigenvalue weighted by atomic mass is 9.92. The summed E-state index contributed by atoms with van der Waals surface area (Å²) >= 11 is 0. The van der Waals surface area contributed by atoms with Crippen LogP contribution in [0.2, 0.25) is 0 Å². The lowest BCUT2D eigenvalue weighted by Crippen LogP contribution is -2.39. The summed E-state index contributed by atoms with van der Waals surface area (Å²) in [5.74, 6) is 1.70. The highest BCUT2D eigenvalue weighted by molar-refractivity contribution is 5.50. The maximum absolute atomic E-state index is 6.46. The number of hydrogen-bond acceptors (Lipinski definition) is 4. The van der Waals surface area contributed by atoms with E-state index in [0.29, 0.717) is 13.2 Å². The van der Waals surface area contributed by atoms with Crippen LogP contribution in [0.15, 0.2) is 12.1 Å². The Morgan fingerprint density at radius 2 is 1.74 bits per heavy atom. The molecule has 4 nitrogen and oxygen atoms in total. The van der Waals surface area contributed by atoms with Gasteiger partial charge in [-0.25, -0.2) is 0 Å². The zero-order valence-electron chi connectivity index (χ0n) is 11.9. The van der Waals surface area contributed by atoms with E-state index in [2.05, 4.69) is 38.1 Å². The summed E-state index contributed by atoms with van der Waals surface area (Å²) in [4.78, 5) is 2.21. The summed E-state index contributed by atoms with van der Waals surface area (Å²) in [7, 11) is 4.18. The van der Waals surface area contributed by atoms with Gasteiger partial charge in [-0.05, 0) is 57.1 Å². The summed E-state index contributed by atoms with van der Waals surface area (Å²) in [6, 6.07) is 4.43. The van der Waals surface area contributed by atoms with Crippen molar-refractivity contribution in [3.05, 3.63) is 23.3 Å². The molecule has 104 valence electrons. The lowest BCUT2D eigenvalue weighted by Gasteiger charge is -2.32. The maximum atomic E-state index is 6.46. The Balaban J connectivity index is 2.03. The van der Waals surface area contributed by atoms with Gasteiger partial charge in [-0.1, -0.05) is 0 Å². The largest absolute Gasteiger partial charge is 0.486 e. The molecule has 0 spiro atoms. The van der Waals surface area contributed by atoms with E-state index in [9.17, 15) is 0 Å². The molecule has 1 unspecified atom stereocenters. The minimum atomic E-state index is -0.0853. The summed E-state index contributed by atoms with van der Waals surface area (Å²) in [6.07, 6.45) is 2.17. The first-order valence-electron chi connectivity index (χ1n) is 6.87. The summed E-state index contributed by atoms with van der Waals surface area (Å²) in [6.45, 7) is 3.37. The van der Waals surface area contributed by atoms with Gasteiger partial charge in [0.25, 0.3) is 0 Å². The molecule has 1 aromatic carbocycles. The zero-order chi connectivity index (χ0) is 13.6. The van der Waals surface area contributed by atoms with Crippen molar-refractivity contribution in [2.75, 3.05) is 27.3 Å². The van der Waals surface area contributed by atoms with Crippen molar-refractivity contribution in [2.24, 2.45) is 5.73 Å². The van der Waals surface area contributed by atoms with Crippen molar-refractivity contribution in [3.8, 4) is 11.5 Å². The van der Waals surface area contributed by atoms with Gasteiger partial charge in [-0.3, -0.25) is 0 Å². The van der Waals surface area contributed by atoms with Crippen molar-refractivity contribution in [2.45, 2.75) is 31.3 Å². The monoisotopic (exact) mass is 262 g/mol. The molecular formula is C15H22N2O2. The van der Waals surface area contributed by atoms with Crippen molar-refractivity contribution in [1.29, 1.82) is 0 Å². The average molecular weight is 262 g/mol. The highest BCUT2D eigenvalue weighted by atomic mass is 16.6. The topological polar surface area (TPSA) is 47.7 Å². The predicted molar refractivity (Wildman–Crippen MR) is 74.7 cm³/mol. The van der Waals surface area contributed by atoms with E-state index >= 15 is 0 Å². The summed E-state index contributed by atoms with van der Waals surface area (Å²) in [5.41, 5.74) is 8.85. The van der Waals surface area contributed by atoms with Gasteiger partial charge in [0.05, 0.1) is 6.04 Å². The van der Waals surface area contributed by atoms with Gasteiger partial charge in [0.2, 0.25) is 0 Å². The third-order valence-electron chi connectivity index (χ3n) is 4.11. The second kappa shape index (κ2) is 4.39. The van der Waals surface area contributed by atoms with E-state index < -0.39 is 0 Å². The Morgan fingerprint density at radius 1 is 1.16 bits per heavy atom. The normalized spacial score (nSPS) is 21.3. The van der Waals surface area contributed by atoms with Gasteiger partial charge in [-0.15, -0.1) is 0 Å². The molecule has 1 aromatic rings. The molecule has 19 heavy (non-hydrogen) atoms. The van der Waals surface area contributed by atoms with Crippen LogP contribution in [0.1, 0.15) is 30.0 Å². The fourth-order valence-corrected chi connectivity index (χ4v) is 3.02. The van der Waals surface area contributed by atoms with E-state index in [4.69, 9.17) is 15.2 Å². The first-order chi connectivity index (χ1) is 9.01. The SMILES string of the molecule is Cc1cc2c(cc1C(N(C)C)C1(N)CC1)OCCO2. The van der Waals surface area contributed by atoms with E-state index in [-0.39, 0.29) is 11.6 Å². The number of nitrogens with zero attached hydrogens (tertiary/aromatic N) is 1. The number of likely N-dealkylation sites (N-methyl/N-ethyl adjacent to an activating group) is 1. The second-order valence-corrected chi connectivity index (χ2v) is 5.95. The number of aryl methyl sites for hydroxylation is 1. The molecule has 0 saturated heterocycles. The second-order valence-electron chi connectivity index (χ2n) is 5.95. The molecule has 2 N–H and O–H groups in total. The van der Waals surface area contributed by atoms with Crippen molar-refractivity contribution >= 4 is 0 Å². The van der Waals surface area contributed by atoms with Crippen LogP contribution in [0.3, 0.4) is 0 Å². The van der Waals surface area contributed by atoms with Crippen LogP contribution < -0.4 is 15.2 Å². The molecule has 2 aliphatic rings. The van der Waals surface area contributed by atoms with Crippen LogP contribution >= 0.6 is 0 Å². The molecule has 0 bridgehead atoms. The van der Waals surface area contributed by atoms with Crippen molar-refractivity contribution in [1.82, 2.24) is 4.90 Å². The highest BCUT2D eigenvalue weighted by Crippen LogP contribution is 2.48. The molecular weight excluding hydrogens is 240 g/mol. The predicted octanol–water partition coefficient (Wildman–Crippen LogP) is 1.86. The van der Waals surface area contributed by atoms with Crippen LogP contribution in [-0.2, 0) is 0 Å². The number of fused-ring (bicyclic) bond motifs is 1. The number of ether oxygens (including phenoxy) is 2. The fourth-order valence-electron chi connectivity index (χ4n) is 3.02. The minimum absolute atomic E-state index is 0.0853. The van der Waals surface area contributed by atoms with Crippen molar-refractivity contribution in [3.63, 3.8) is 0 Å². The molecule has 4 heteroatoms. The first kappa shape index (κ1) is 12.8. The van der Waals surface area contributed by atoms with Gasteiger partial charge in [-0.2, -0.15) is 0 Å². The molecule has 0 amide bonds. The van der Waals surface area contributed by atoms with Gasteiger partial charge in [0, 0.05) is 5.54 Å². The van der Waals surface area contributed by atoms with Gasteiger partial charge < -0.3 is 20.1 Å². The van der Waals surface area contributed by atoms with E-state index in [1.807, 2.05) is 0 Å². The van der Waals surface area contributed by atoms with Gasteiger partial charge in [0.15, 0.2) is 11.5 Å². The molecule has 1 aliphatic carbocycles. The van der Waals surface area contributed by atoms with Crippen LogP contribution in [0.25, 0.3) is 0 Å². The number of benzene rings is 1. The van der Waals surface area contributed by atoms with Crippen LogP contribution in [0, 0.1) is 6.92 Å². The lowest BCUT2D eigenvalue weighted by molar-refractivity contribution is 0.170. The van der Waals surface area contributed by atoms with Crippen LogP contribution in [0.5, 0.6) is 11.5 Å². The van der Waals surface area contributed by atoms with Gasteiger partial charge in [0.1, 0.15) is 13.2 Å². The average Bonchev–Trinajstić information content (AvgIpc) is 3.08. The Labute approximate surface area is 114 Å². The standard InChI is InChI=1S/C15H22N2O2/c1-10-8-12-13(19-7-6-18-12)9-11(10)14(17(2)3)15(16)4-5-15/h8-9,14H,4-7,16H2,1-3H3. The Hall–Kier alpha value is -1.26. The smallest absolute Gasteiger partial charge is 0.161 e. The van der Waals surface area contributed by atoms with E-state index in [1.165, 1.54) is 11.1 Å². The van der Waals surface area contributed by atoms with E-state index in [1.54, 1.807) is 0 Å². The zero-order valence-corrected chi connectivity index (χ0v) is 11.9. The fraction of sp³-hybridized carbons (Fsp3) is 0.600. The van der Waals surface area contributed by atoms with Crippen LogP contribution in [-0.4, -0.2) is 37.7 Å². The Bertz CT molecular complexity index is 495. The molecule has 1 heterocycles. The van der Waals surface area contributed by atoms with E-state index in [0.717, 1.165) is 24.3 Å². The molecule has 0 aromatic heterocycles. The van der Waals surface area contributed by atoms with Crippen molar-refractivity contribution < 1.29 is 9.47 Å². The molecule has 3 rings (SSSR count). The number of nitrogens with two attached hydrogens (primary N) is 1. The quantitative estimate of drug-likeness (QED) is 0.903. The Morgan fingerprint density at radius 3 is 2.26 bits per heavy atom. The molecule has 1 aliphatic heterocycles. The molecule has 1 fully saturated rings. The summed E-state index contributed by atoms with van der Waals surface area (Å²) in [5, 5.41) is 0. The number of rotatable bonds is 3. The first-order valence-corrected chi connectivity index (χ1v) is 6.87. The number of hydrogen-bond donors (Lipinski definition) is 1. The molecule has 1 saturated carbocycles. The van der Waals surface area contributed by atoms with Gasteiger partial charge >= 0.3 is 0 Å². The maximum Gasteiger partial charge on any atom is 0.161 e. The Kier molecular flexibility index (Phi) is 2.95. The highest BCUT2D eigenvalue weighted by Gasteiger charge is 2.48.